The van der Waals surface area contributed by atoms with Crippen LogP contribution < -0.4 is 5.32 Å². The van der Waals surface area contributed by atoms with Crippen molar-refractivity contribution in [2.24, 2.45) is 0 Å². The molecule has 2 aromatic carbocycles. The van der Waals surface area contributed by atoms with Crippen molar-refractivity contribution in [3.05, 3.63) is 77.4 Å². The predicted molar refractivity (Wildman–Crippen MR) is 112 cm³/mol. The molecule has 1 aliphatic rings. The van der Waals surface area contributed by atoms with Crippen LogP contribution in [0.4, 0.5) is 0 Å². The van der Waals surface area contributed by atoms with Gasteiger partial charge in [-0.15, -0.1) is 0 Å². The summed E-state index contributed by atoms with van der Waals surface area (Å²) in [5.74, 6) is 0.0386. The number of hydrogen-bond acceptors (Lipinski definition) is 3. The van der Waals surface area contributed by atoms with Crippen molar-refractivity contribution in [2.75, 3.05) is 32.7 Å². The van der Waals surface area contributed by atoms with E-state index in [2.05, 4.69) is 10.2 Å². The van der Waals surface area contributed by atoms with E-state index < -0.39 is 0 Å². The fraction of sp³-hybridized carbons (Fsp3) is 0.304. The van der Waals surface area contributed by atoms with Crippen molar-refractivity contribution in [3.63, 3.8) is 0 Å². The molecular weight excluding hydrogens is 350 g/mol. The zero-order valence-electron chi connectivity index (χ0n) is 16.3. The minimum atomic E-state index is 0.0166. The van der Waals surface area contributed by atoms with Gasteiger partial charge >= 0.3 is 0 Å². The molecule has 2 aromatic rings. The van der Waals surface area contributed by atoms with Crippen molar-refractivity contribution in [3.8, 4) is 0 Å². The van der Waals surface area contributed by atoms with E-state index in [0.29, 0.717) is 39.3 Å². The van der Waals surface area contributed by atoms with Crippen LogP contribution in [0.15, 0.2) is 60.7 Å². The van der Waals surface area contributed by atoms with Crippen LogP contribution in [0.25, 0.3) is 6.08 Å². The molecule has 0 atom stereocenters. The minimum Gasteiger partial charge on any atom is -0.351 e. The van der Waals surface area contributed by atoms with E-state index in [0.717, 1.165) is 11.1 Å². The molecule has 3 rings (SSSR count). The Morgan fingerprint density at radius 1 is 0.964 bits per heavy atom. The van der Waals surface area contributed by atoms with Gasteiger partial charge in [-0.2, -0.15) is 0 Å². The average molecular weight is 377 g/mol. The van der Waals surface area contributed by atoms with Gasteiger partial charge < -0.3 is 10.2 Å². The molecule has 5 heteroatoms. The molecule has 0 spiro atoms. The van der Waals surface area contributed by atoms with Gasteiger partial charge in [0, 0.05) is 38.8 Å². The fourth-order valence-electron chi connectivity index (χ4n) is 3.13. The molecule has 1 aliphatic heterocycles. The molecule has 0 aliphatic carbocycles. The normalized spacial score (nSPS) is 15.0. The van der Waals surface area contributed by atoms with Crippen molar-refractivity contribution in [1.82, 2.24) is 15.1 Å². The third-order valence-corrected chi connectivity index (χ3v) is 4.88. The summed E-state index contributed by atoms with van der Waals surface area (Å²) < 4.78 is 0. The number of piperazine rings is 1. The van der Waals surface area contributed by atoms with Gasteiger partial charge in [0.25, 0.3) is 0 Å². The minimum absolute atomic E-state index is 0.0166. The Hall–Kier alpha value is -2.92. The lowest BCUT2D eigenvalue weighted by Gasteiger charge is -2.33. The zero-order valence-corrected chi connectivity index (χ0v) is 16.3. The number of nitrogens with zero attached hydrogens (tertiary/aromatic N) is 2. The number of nitrogens with one attached hydrogen (secondary N) is 1. The summed E-state index contributed by atoms with van der Waals surface area (Å²) in [6.07, 6.45) is 3.48. The maximum Gasteiger partial charge on any atom is 0.246 e. The Balaban J connectivity index is 1.39. The van der Waals surface area contributed by atoms with Gasteiger partial charge in [0.15, 0.2) is 0 Å². The summed E-state index contributed by atoms with van der Waals surface area (Å²) in [4.78, 5) is 28.4. The first-order valence-electron chi connectivity index (χ1n) is 9.67. The molecule has 0 bridgehead atoms. The van der Waals surface area contributed by atoms with Gasteiger partial charge in [0.1, 0.15) is 0 Å². The van der Waals surface area contributed by atoms with E-state index >= 15 is 0 Å². The van der Waals surface area contributed by atoms with Crippen LogP contribution in [0.2, 0.25) is 0 Å². The first-order valence-corrected chi connectivity index (χ1v) is 9.67. The van der Waals surface area contributed by atoms with E-state index in [4.69, 9.17) is 0 Å². The van der Waals surface area contributed by atoms with Crippen LogP contribution in [0.5, 0.6) is 0 Å². The van der Waals surface area contributed by atoms with Crippen molar-refractivity contribution >= 4 is 17.9 Å². The second-order valence-corrected chi connectivity index (χ2v) is 7.11. The third-order valence-electron chi connectivity index (χ3n) is 4.88. The topological polar surface area (TPSA) is 52.7 Å². The van der Waals surface area contributed by atoms with E-state index in [1.54, 1.807) is 6.08 Å². The molecule has 1 heterocycles. The molecule has 1 N–H and O–H groups in total. The maximum atomic E-state index is 12.4. The Morgan fingerprint density at radius 3 is 2.32 bits per heavy atom. The number of hydrogen-bond donors (Lipinski definition) is 1. The highest BCUT2D eigenvalue weighted by Crippen LogP contribution is 2.07. The molecule has 5 nitrogen and oxygen atoms in total. The van der Waals surface area contributed by atoms with E-state index in [1.165, 1.54) is 5.56 Å². The highest BCUT2D eigenvalue weighted by atomic mass is 16.2. The highest BCUT2D eigenvalue weighted by Gasteiger charge is 2.21. The predicted octanol–water partition coefficient (Wildman–Crippen LogP) is 2.47. The second kappa shape index (κ2) is 9.85. The smallest absolute Gasteiger partial charge is 0.246 e. The summed E-state index contributed by atoms with van der Waals surface area (Å²) in [5, 5.41) is 2.95. The van der Waals surface area contributed by atoms with Crippen molar-refractivity contribution in [1.29, 1.82) is 0 Å². The summed E-state index contributed by atoms with van der Waals surface area (Å²) in [6.45, 7) is 5.66. The van der Waals surface area contributed by atoms with Crippen LogP contribution in [0.3, 0.4) is 0 Å². The lowest BCUT2D eigenvalue weighted by atomic mass is 10.1. The molecule has 146 valence electrons. The molecule has 2 amide bonds. The van der Waals surface area contributed by atoms with Crippen LogP contribution in [0.1, 0.15) is 16.7 Å². The first kappa shape index (κ1) is 19.8. The van der Waals surface area contributed by atoms with E-state index in [9.17, 15) is 9.59 Å². The molecule has 0 aromatic heterocycles. The Morgan fingerprint density at radius 2 is 1.64 bits per heavy atom. The number of aryl methyl sites for hydroxylation is 1. The Kier molecular flexibility index (Phi) is 6.98. The summed E-state index contributed by atoms with van der Waals surface area (Å²) in [6, 6.07) is 18.0. The highest BCUT2D eigenvalue weighted by molar-refractivity contribution is 5.91. The molecule has 0 unspecified atom stereocenters. The van der Waals surface area contributed by atoms with E-state index in [1.807, 2.05) is 72.5 Å². The van der Waals surface area contributed by atoms with E-state index in [-0.39, 0.29) is 11.8 Å². The molecule has 1 fully saturated rings. The van der Waals surface area contributed by atoms with Crippen LogP contribution in [-0.4, -0.2) is 54.3 Å². The quantitative estimate of drug-likeness (QED) is 0.787. The molecule has 28 heavy (non-hydrogen) atoms. The number of benzene rings is 2. The van der Waals surface area contributed by atoms with Gasteiger partial charge in [-0.05, 0) is 24.1 Å². The van der Waals surface area contributed by atoms with Crippen LogP contribution in [0, 0.1) is 6.92 Å². The number of amides is 2. The average Bonchev–Trinajstić information content (AvgIpc) is 2.73. The van der Waals surface area contributed by atoms with Gasteiger partial charge in [-0.25, -0.2) is 0 Å². The fourth-order valence-corrected chi connectivity index (χ4v) is 3.13. The van der Waals surface area contributed by atoms with Crippen molar-refractivity contribution in [2.45, 2.75) is 13.5 Å². The largest absolute Gasteiger partial charge is 0.351 e. The number of carbonyl (C=O) groups excluding carboxylic acids is 2. The third kappa shape index (κ3) is 6.06. The summed E-state index contributed by atoms with van der Waals surface area (Å²) in [7, 11) is 0. The van der Waals surface area contributed by atoms with Gasteiger partial charge in [0.05, 0.1) is 6.54 Å². The van der Waals surface area contributed by atoms with Gasteiger partial charge in [-0.3, -0.25) is 14.5 Å². The lowest BCUT2D eigenvalue weighted by molar-refractivity contribution is -0.128. The maximum absolute atomic E-state index is 12.4. The molecular formula is C23H27N3O2. The standard InChI is InChI=1S/C23H27N3O2/c1-19-7-9-20(10-8-19)11-12-23(28)26-15-13-25(14-16-26)18-22(27)24-17-21-5-3-2-4-6-21/h2-12H,13-18H2,1H3,(H,24,27)/b12-11+. The first-order chi connectivity index (χ1) is 13.6. The molecule has 1 saturated heterocycles. The number of rotatable bonds is 6. The number of carbonyl (C=O) groups is 2. The summed E-state index contributed by atoms with van der Waals surface area (Å²) in [5.41, 5.74) is 3.31. The monoisotopic (exact) mass is 377 g/mol. The Bertz CT molecular complexity index is 808. The zero-order chi connectivity index (χ0) is 19.8. The molecule has 0 saturated carbocycles. The summed E-state index contributed by atoms with van der Waals surface area (Å²) >= 11 is 0. The Labute approximate surface area is 166 Å². The second-order valence-electron chi connectivity index (χ2n) is 7.11. The van der Waals surface area contributed by atoms with Crippen LogP contribution in [-0.2, 0) is 16.1 Å². The lowest BCUT2D eigenvalue weighted by Crippen LogP contribution is -2.50. The van der Waals surface area contributed by atoms with Gasteiger partial charge in [0.2, 0.25) is 11.8 Å². The van der Waals surface area contributed by atoms with Crippen molar-refractivity contribution < 1.29 is 9.59 Å². The van der Waals surface area contributed by atoms with Crippen LogP contribution >= 0.6 is 0 Å². The SMILES string of the molecule is Cc1ccc(/C=C/C(=O)N2CCN(CC(=O)NCc3ccccc3)CC2)cc1. The van der Waals surface area contributed by atoms with Gasteiger partial charge in [-0.1, -0.05) is 60.2 Å². The molecule has 0 radical (unpaired) electrons.